The third kappa shape index (κ3) is 2.53. The molecule has 66 valence electrons. The zero-order valence-corrected chi connectivity index (χ0v) is 8.98. The van der Waals surface area contributed by atoms with Gasteiger partial charge in [0.05, 0.1) is 0 Å². The summed E-state index contributed by atoms with van der Waals surface area (Å²) in [5, 5.41) is 11.7. The standard InChI is InChI=1S/C11H16O.Li/c1-4-9-7-6-8(3)10(5-2)11(9)12;/h6-7,12H,4-5H2,1-3H3;/q;+1/p-1. The van der Waals surface area contributed by atoms with Gasteiger partial charge in [0.15, 0.2) is 0 Å². The second-order valence-corrected chi connectivity index (χ2v) is 3.06. The van der Waals surface area contributed by atoms with E-state index in [1.165, 1.54) is 0 Å². The van der Waals surface area contributed by atoms with Gasteiger partial charge in [-0.15, -0.1) is 5.75 Å². The normalized spacial score (nSPS) is 9.46. The Bertz CT molecular complexity index is 282. The smallest absolute Gasteiger partial charge is 0.872 e. The third-order valence-corrected chi connectivity index (χ3v) is 2.31. The first-order chi connectivity index (χ1) is 5.70. The zero-order valence-electron chi connectivity index (χ0n) is 8.98. The molecule has 0 unspecified atom stereocenters. The van der Waals surface area contributed by atoms with Gasteiger partial charge < -0.3 is 5.11 Å². The second kappa shape index (κ2) is 5.37. The van der Waals surface area contributed by atoms with Crippen molar-refractivity contribution in [1.29, 1.82) is 0 Å². The predicted molar refractivity (Wildman–Crippen MR) is 49.4 cm³/mol. The van der Waals surface area contributed by atoms with Gasteiger partial charge in [0, 0.05) is 0 Å². The van der Waals surface area contributed by atoms with Crippen molar-refractivity contribution in [2.24, 2.45) is 0 Å². The molecule has 0 aromatic heterocycles. The van der Waals surface area contributed by atoms with Crippen molar-refractivity contribution in [2.45, 2.75) is 33.6 Å². The maximum absolute atomic E-state index is 11.7. The maximum atomic E-state index is 11.7. The Morgan fingerprint density at radius 2 is 1.77 bits per heavy atom. The first kappa shape index (κ1) is 12.6. The van der Waals surface area contributed by atoms with Crippen LogP contribution in [0.25, 0.3) is 0 Å². The van der Waals surface area contributed by atoms with Crippen LogP contribution in [0.1, 0.15) is 30.5 Å². The molecule has 0 fully saturated rings. The van der Waals surface area contributed by atoms with E-state index in [9.17, 15) is 5.11 Å². The molecule has 1 aromatic rings. The van der Waals surface area contributed by atoms with E-state index in [0.717, 1.165) is 29.5 Å². The van der Waals surface area contributed by atoms with E-state index in [-0.39, 0.29) is 24.6 Å². The molecule has 13 heavy (non-hydrogen) atoms. The molecule has 0 aliphatic heterocycles. The molecule has 1 nitrogen and oxygen atoms in total. The SMILES string of the molecule is CCc1ccc(C)c(CC)c1[O-].[Li+]. The molecule has 0 spiro atoms. The molecule has 0 bridgehead atoms. The quantitative estimate of drug-likeness (QED) is 0.533. The summed E-state index contributed by atoms with van der Waals surface area (Å²) in [7, 11) is 0. The summed E-state index contributed by atoms with van der Waals surface area (Å²) < 4.78 is 0. The van der Waals surface area contributed by atoms with Crippen molar-refractivity contribution in [2.75, 3.05) is 0 Å². The Labute approximate surface area is 92.3 Å². The van der Waals surface area contributed by atoms with Gasteiger partial charge >= 0.3 is 18.9 Å². The van der Waals surface area contributed by atoms with E-state index in [0.29, 0.717) is 0 Å². The monoisotopic (exact) mass is 170 g/mol. The van der Waals surface area contributed by atoms with E-state index in [2.05, 4.69) is 0 Å². The molecule has 0 aliphatic rings. The van der Waals surface area contributed by atoms with Crippen LogP contribution in [-0.4, -0.2) is 0 Å². The van der Waals surface area contributed by atoms with Crippen molar-refractivity contribution in [3.63, 3.8) is 0 Å². The van der Waals surface area contributed by atoms with Gasteiger partial charge in [-0.1, -0.05) is 37.1 Å². The minimum Gasteiger partial charge on any atom is -0.872 e. The van der Waals surface area contributed by atoms with Crippen LogP contribution >= 0.6 is 0 Å². The van der Waals surface area contributed by atoms with Crippen molar-refractivity contribution < 1.29 is 24.0 Å². The molecular weight excluding hydrogens is 155 g/mol. The fourth-order valence-electron chi connectivity index (χ4n) is 1.49. The van der Waals surface area contributed by atoms with Crippen molar-refractivity contribution in [3.05, 3.63) is 28.8 Å². The Morgan fingerprint density at radius 1 is 1.15 bits per heavy atom. The van der Waals surface area contributed by atoms with Crippen LogP contribution in [-0.2, 0) is 12.8 Å². The minimum atomic E-state index is 0. The van der Waals surface area contributed by atoms with Crippen LogP contribution in [0.4, 0.5) is 0 Å². The minimum absolute atomic E-state index is 0. The molecule has 1 rings (SSSR count). The first-order valence-electron chi connectivity index (χ1n) is 4.49. The van der Waals surface area contributed by atoms with Crippen molar-refractivity contribution in [1.82, 2.24) is 0 Å². The number of aryl methyl sites for hydroxylation is 2. The van der Waals surface area contributed by atoms with Gasteiger partial charge in [0.25, 0.3) is 0 Å². The molecule has 0 saturated carbocycles. The molecular formula is C11H15LiO. The van der Waals surface area contributed by atoms with Gasteiger partial charge in [-0.3, -0.25) is 0 Å². The van der Waals surface area contributed by atoms with Crippen LogP contribution in [0.3, 0.4) is 0 Å². The topological polar surface area (TPSA) is 23.1 Å². The summed E-state index contributed by atoms with van der Waals surface area (Å²) in [6, 6.07) is 3.98. The average molecular weight is 170 g/mol. The third-order valence-electron chi connectivity index (χ3n) is 2.31. The summed E-state index contributed by atoms with van der Waals surface area (Å²) in [6.07, 6.45) is 1.69. The van der Waals surface area contributed by atoms with Crippen molar-refractivity contribution >= 4 is 0 Å². The molecule has 0 radical (unpaired) electrons. The molecule has 2 heteroatoms. The summed E-state index contributed by atoms with van der Waals surface area (Å²) in [5.41, 5.74) is 3.05. The van der Waals surface area contributed by atoms with Gasteiger partial charge in [-0.05, 0) is 25.3 Å². The number of benzene rings is 1. The molecule has 0 N–H and O–H groups in total. The predicted octanol–water partition coefficient (Wildman–Crippen LogP) is -0.803. The van der Waals surface area contributed by atoms with Crippen LogP contribution < -0.4 is 24.0 Å². The Balaban J connectivity index is 0.00000144. The maximum Gasteiger partial charge on any atom is 1.00 e. The largest absolute Gasteiger partial charge is 1.00 e. The van der Waals surface area contributed by atoms with E-state index in [1.807, 2.05) is 32.9 Å². The molecule has 0 amide bonds. The zero-order chi connectivity index (χ0) is 9.14. The van der Waals surface area contributed by atoms with Crippen LogP contribution in [0.5, 0.6) is 5.75 Å². The van der Waals surface area contributed by atoms with Gasteiger partial charge in [0.1, 0.15) is 0 Å². The molecule has 0 atom stereocenters. The molecule has 0 aliphatic carbocycles. The Morgan fingerprint density at radius 3 is 2.23 bits per heavy atom. The first-order valence-corrected chi connectivity index (χ1v) is 4.49. The summed E-state index contributed by atoms with van der Waals surface area (Å²) in [6.45, 7) is 6.05. The molecule has 0 heterocycles. The van der Waals surface area contributed by atoms with Crippen molar-refractivity contribution in [3.8, 4) is 5.75 Å². The van der Waals surface area contributed by atoms with Crippen LogP contribution in [0.15, 0.2) is 12.1 Å². The van der Waals surface area contributed by atoms with E-state index < -0.39 is 0 Å². The fourth-order valence-corrected chi connectivity index (χ4v) is 1.49. The average Bonchev–Trinajstić information content (AvgIpc) is 2.06. The Kier molecular flexibility index (Phi) is 5.21. The van der Waals surface area contributed by atoms with Crippen LogP contribution in [0, 0.1) is 6.92 Å². The second-order valence-electron chi connectivity index (χ2n) is 3.06. The van der Waals surface area contributed by atoms with Crippen LogP contribution in [0.2, 0.25) is 0 Å². The summed E-state index contributed by atoms with van der Waals surface area (Å²) in [4.78, 5) is 0. The number of hydrogen-bond acceptors (Lipinski definition) is 1. The van der Waals surface area contributed by atoms with Gasteiger partial charge in [0.2, 0.25) is 0 Å². The molecule has 1 aromatic carbocycles. The van der Waals surface area contributed by atoms with Gasteiger partial charge in [-0.2, -0.15) is 0 Å². The Hall–Kier alpha value is -0.383. The van der Waals surface area contributed by atoms with E-state index in [1.54, 1.807) is 0 Å². The van der Waals surface area contributed by atoms with Gasteiger partial charge in [-0.25, -0.2) is 0 Å². The summed E-state index contributed by atoms with van der Waals surface area (Å²) in [5.74, 6) is 0.250. The van der Waals surface area contributed by atoms with E-state index >= 15 is 0 Å². The fraction of sp³-hybridized carbons (Fsp3) is 0.455. The van der Waals surface area contributed by atoms with E-state index in [4.69, 9.17) is 0 Å². The molecule has 0 saturated heterocycles. The number of hydrogen-bond donors (Lipinski definition) is 0. The summed E-state index contributed by atoms with van der Waals surface area (Å²) >= 11 is 0. The number of rotatable bonds is 2.